The van der Waals surface area contributed by atoms with E-state index in [4.69, 9.17) is 0 Å². The smallest absolute Gasteiger partial charge is 0.262 e. The second kappa shape index (κ2) is 6.04. The van der Waals surface area contributed by atoms with Gasteiger partial charge in [-0.25, -0.2) is 13.1 Å². The molecule has 4 rings (SSSR count). The van der Waals surface area contributed by atoms with Gasteiger partial charge in [0.1, 0.15) is 0 Å². The van der Waals surface area contributed by atoms with Crippen LogP contribution in [0.2, 0.25) is 0 Å². The lowest BCUT2D eigenvalue weighted by Crippen LogP contribution is -2.54. The van der Waals surface area contributed by atoms with Gasteiger partial charge in [-0.3, -0.25) is 14.7 Å². The summed E-state index contributed by atoms with van der Waals surface area (Å²) in [7, 11) is -3.66. The van der Waals surface area contributed by atoms with E-state index >= 15 is 0 Å². The normalized spacial score (nSPS) is 23.4. The molecule has 0 radical (unpaired) electrons. The van der Waals surface area contributed by atoms with E-state index in [1.54, 1.807) is 17.0 Å². The lowest BCUT2D eigenvalue weighted by atomic mass is 10.00. The highest BCUT2D eigenvalue weighted by Gasteiger charge is 2.44. The lowest BCUT2D eigenvalue weighted by molar-refractivity contribution is 0.0845. The van der Waals surface area contributed by atoms with Crippen molar-refractivity contribution in [3.05, 3.63) is 23.8 Å². The first-order valence-electron chi connectivity index (χ1n) is 9.50. The van der Waals surface area contributed by atoms with Crippen LogP contribution in [0.3, 0.4) is 0 Å². The van der Waals surface area contributed by atoms with Gasteiger partial charge in [-0.05, 0) is 50.8 Å². The summed E-state index contributed by atoms with van der Waals surface area (Å²) in [5, 5.41) is 0. The molecule has 1 aliphatic carbocycles. The van der Waals surface area contributed by atoms with Crippen LogP contribution in [0.1, 0.15) is 50.9 Å². The van der Waals surface area contributed by atoms with Gasteiger partial charge < -0.3 is 4.90 Å². The Kier molecular flexibility index (Phi) is 4.12. The van der Waals surface area contributed by atoms with E-state index in [0.29, 0.717) is 30.5 Å². The Labute approximate surface area is 160 Å². The number of sulfonamides is 1. The van der Waals surface area contributed by atoms with Gasteiger partial charge in [0.05, 0.1) is 28.7 Å². The largest absolute Gasteiger partial charge is 0.306 e. The Morgan fingerprint density at radius 3 is 2.63 bits per heavy atom. The summed E-state index contributed by atoms with van der Waals surface area (Å²) in [6, 6.07) is 5.02. The fourth-order valence-corrected chi connectivity index (χ4v) is 5.24. The van der Waals surface area contributed by atoms with Gasteiger partial charge in [0.25, 0.3) is 5.91 Å². The number of hydrogen-bond donors (Lipinski definition) is 1. The van der Waals surface area contributed by atoms with Crippen molar-refractivity contribution in [1.82, 2.24) is 9.62 Å². The highest BCUT2D eigenvalue weighted by molar-refractivity contribution is 7.89. The van der Waals surface area contributed by atoms with E-state index in [2.05, 4.69) is 28.5 Å². The lowest BCUT2D eigenvalue weighted by Gasteiger charge is -2.39. The molecule has 1 atom stereocenters. The van der Waals surface area contributed by atoms with E-state index < -0.39 is 10.0 Å². The third-order valence-electron chi connectivity index (χ3n) is 5.69. The van der Waals surface area contributed by atoms with Crippen LogP contribution in [0.15, 0.2) is 28.1 Å². The van der Waals surface area contributed by atoms with Crippen molar-refractivity contribution in [2.45, 2.75) is 57.0 Å². The molecule has 7 nitrogen and oxygen atoms in total. The highest BCUT2D eigenvalue weighted by atomic mass is 32.2. The summed E-state index contributed by atoms with van der Waals surface area (Å²) in [4.78, 5) is 21.5. The number of aliphatic imine (C=N–C) groups is 1. The summed E-state index contributed by atoms with van der Waals surface area (Å²) < 4.78 is 28.3. The molecule has 0 bridgehead atoms. The van der Waals surface area contributed by atoms with Crippen LogP contribution in [0, 0.1) is 5.92 Å². The zero-order valence-electron chi connectivity index (χ0n) is 16.2. The van der Waals surface area contributed by atoms with Gasteiger partial charge >= 0.3 is 0 Å². The number of carbonyl (C=O) groups excluding carboxylic acids is 1. The van der Waals surface area contributed by atoms with Crippen LogP contribution in [0.25, 0.3) is 0 Å². The van der Waals surface area contributed by atoms with Crippen molar-refractivity contribution in [3.63, 3.8) is 0 Å². The molecule has 1 fully saturated rings. The molecule has 0 saturated heterocycles. The second-order valence-corrected chi connectivity index (χ2v) is 9.90. The Hall–Kier alpha value is -1.93. The molecule has 3 aliphatic rings. The second-order valence-electron chi connectivity index (χ2n) is 8.22. The summed E-state index contributed by atoms with van der Waals surface area (Å²) in [5.41, 5.74) is 0.814. The summed E-state index contributed by atoms with van der Waals surface area (Å²) in [5.74, 6) is 0.834. The molecule has 1 N–H and O–H groups in total. The van der Waals surface area contributed by atoms with Crippen molar-refractivity contribution in [2.75, 3.05) is 18.0 Å². The molecule has 1 aromatic carbocycles. The number of guanidine groups is 1. The molecule has 1 aromatic rings. The number of nitrogens with one attached hydrogen (secondary N) is 1. The third kappa shape index (κ3) is 2.95. The third-order valence-corrected chi connectivity index (χ3v) is 7.32. The quantitative estimate of drug-likeness (QED) is 0.836. The van der Waals surface area contributed by atoms with Crippen molar-refractivity contribution < 1.29 is 13.2 Å². The van der Waals surface area contributed by atoms with Crippen LogP contribution < -0.4 is 9.62 Å². The minimum atomic E-state index is -3.66. The van der Waals surface area contributed by atoms with Crippen LogP contribution in [-0.4, -0.2) is 49.9 Å². The first-order chi connectivity index (χ1) is 12.7. The van der Waals surface area contributed by atoms with Crippen molar-refractivity contribution >= 4 is 27.6 Å². The molecule has 2 aliphatic heterocycles. The van der Waals surface area contributed by atoms with Crippen molar-refractivity contribution in [3.8, 4) is 0 Å². The molecule has 1 saturated carbocycles. The Bertz CT molecular complexity index is 934. The Morgan fingerprint density at radius 1 is 1.33 bits per heavy atom. The number of nitrogens with zero attached hydrogens (tertiary/aromatic N) is 3. The average Bonchev–Trinajstić information content (AvgIpc) is 3.15. The predicted octanol–water partition coefficient (Wildman–Crippen LogP) is 2.19. The predicted molar refractivity (Wildman–Crippen MR) is 105 cm³/mol. The van der Waals surface area contributed by atoms with Gasteiger partial charge in [-0.1, -0.05) is 13.8 Å². The standard InChI is InChI=1S/C19H26N4O3S/c1-5-22-17(24)14-10-13(27(25,26)21-19(4)8-9-19)6-7-15(14)23-16(12(2)3)11-20-18(22)23/h6-7,10,12,16,21H,5,8-9,11H2,1-4H3/t16-/m0/s1. The number of carbonyl (C=O) groups is 1. The van der Waals surface area contributed by atoms with Crippen LogP contribution in [0.4, 0.5) is 5.69 Å². The maximum absolute atomic E-state index is 13.0. The maximum atomic E-state index is 13.0. The van der Waals surface area contributed by atoms with Crippen molar-refractivity contribution in [1.29, 1.82) is 0 Å². The molecule has 27 heavy (non-hydrogen) atoms. The van der Waals surface area contributed by atoms with E-state index in [1.165, 1.54) is 6.07 Å². The first kappa shape index (κ1) is 18.4. The van der Waals surface area contributed by atoms with E-state index in [9.17, 15) is 13.2 Å². The SMILES string of the molecule is CCN1C(=O)c2cc(S(=O)(=O)NC3(C)CC3)ccc2N2C1=NC[C@H]2C(C)C. The number of anilines is 1. The van der Waals surface area contributed by atoms with Crippen LogP contribution >= 0.6 is 0 Å². The number of hydrogen-bond acceptors (Lipinski definition) is 5. The molecule has 0 unspecified atom stereocenters. The Morgan fingerprint density at radius 2 is 2.04 bits per heavy atom. The zero-order chi connectivity index (χ0) is 19.6. The molecular formula is C19H26N4O3S. The molecule has 2 heterocycles. The average molecular weight is 391 g/mol. The molecule has 0 spiro atoms. The molecular weight excluding hydrogens is 364 g/mol. The minimum absolute atomic E-state index is 0.138. The van der Waals surface area contributed by atoms with Gasteiger partial charge in [0, 0.05) is 12.1 Å². The summed E-state index contributed by atoms with van der Waals surface area (Å²) in [6.45, 7) is 9.20. The zero-order valence-corrected chi connectivity index (χ0v) is 17.0. The summed E-state index contributed by atoms with van der Waals surface area (Å²) >= 11 is 0. The first-order valence-corrected chi connectivity index (χ1v) is 11.0. The van der Waals surface area contributed by atoms with Crippen molar-refractivity contribution in [2.24, 2.45) is 10.9 Å². The summed E-state index contributed by atoms with van der Waals surface area (Å²) in [6.07, 6.45) is 1.67. The Balaban J connectivity index is 1.79. The molecule has 146 valence electrons. The maximum Gasteiger partial charge on any atom is 0.262 e. The van der Waals surface area contributed by atoms with E-state index in [1.807, 2.05) is 13.8 Å². The van der Waals surface area contributed by atoms with E-state index in [0.717, 1.165) is 18.5 Å². The van der Waals surface area contributed by atoms with Crippen LogP contribution in [0.5, 0.6) is 0 Å². The monoisotopic (exact) mass is 390 g/mol. The number of benzene rings is 1. The van der Waals surface area contributed by atoms with E-state index in [-0.39, 0.29) is 22.4 Å². The number of amides is 1. The number of rotatable bonds is 5. The molecule has 1 amide bonds. The topological polar surface area (TPSA) is 82.1 Å². The van der Waals surface area contributed by atoms with Gasteiger partial charge in [-0.2, -0.15) is 0 Å². The molecule has 0 aromatic heterocycles. The molecule has 8 heteroatoms. The number of fused-ring (bicyclic) bond motifs is 3. The highest BCUT2D eigenvalue weighted by Crippen LogP contribution is 2.38. The van der Waals surface area contributed by atoms with Gasteiger partial charge in [0.2, 0.25) is 16.0 Å². The van der Waals surface area contributed by atoms with Gasteiger partial charge in [-0.15, -0.1) is 0 Å². The fourth-order valence-electron chi connectivity index (χ4n) is 3.75. The fraction of sp³-hybridized carbons (Fsp3) is 0.579. The minimum Gasteiger partial charge on any atom is -0.306 e. The van der Waals surface area contributed by atoms with Gasteiger partial charge in [0.15, 0.2) is 0 Å². The van der Waals surface area contributed by atoms with Crippen LogP contribution in [-0.2, 0) is 10.0 Å².